The number of ether oxygens (including phenoxy) is 2. The Morgan fingerprint density at radius 1 is 1.56 bits per heavy atom. The minimum atomic E-state index is -0.777. The van der Waals surface area contributed by atoms with Gasteiger partial charge < -0.3 is 15.2 Å². The van der Waals surface area contributed by atoms with Crippen LogP contribution in [-0.2, 0) is 9.53 Å². The van der Waals surface area contributed by atoms with E-state index in [9.17, 15) is 4.79 Å². The van der Waals surface area contributed by atoms with E-state index in [1.807, 2.05) is 6.92 Å². The number of carbonyl (C=O) groups excluding carboxylic acids is 1. The summed E-state index contributed by atoms with van der Waals surface area (Å²) in [6.07, 6.45) is 0. The summed E-state index contributed by atoms with van der Waals surface area (Å²) in [7, 11) is 1.29. The minimum absolute atomic E-state index is 0.0771. The molecular weight excluding hydrogens is 230 g/mol. The van der Waals surface area contributed by atoms with Gasteiger partial charge >= 0.3 is 5.97 Å². The molecule has 0 aliphatic rings. The number of hydrogen-bond acceptors (Lipinski definition) is 4. The molecule has 4 nitrogen and oxygen atoms in total. The molecule has 0 aromatic heterocycles. The topological polar surface area (TPSA) is 61.5 Å². The van der Waals surface area contributed by atoms with Gasteiger partial charge in [-0.05, 0) is 30.7 Å². The molecule has 88 valence electrons. The fourth-order valence-corrected chi connectivity index (χ4v) is 1.23. The Bertz CT molecular complexity index is 381. The van der Waals surface area contributed by atoms with Crippen LogP contribution in [0.15, 0.2) is 18.2 Å². The van der Waals surface area contributed by atoms with Gasteiger partial charge in [0.25, 0.3) is 0 Å². The maximum absolute atomic E-state index is 11.0. The van der Waals surface area contributed by atoms with Crippen LogP contribution in [0.25, 0.3) is 0 Å². The third-order valence-electron chi connectivity index (χ3n) is 2.06. The van der Waals surface area contributed by atoms with Crippen molar-refractivity contribution in [3.63, 3.8) is 0 Å². The monoisotopic (exact) mass is 243 g/mol. The highest BCUT2D eigenvalue weighted by Gasteiger charge is 2.14. The largest absolute Gasteiger partial charge is 0.491 e. The van der Waals surface area contributed by atoms with Gasteiger partial charge in [-0.15, -0.1) is 0 Å². The second-order valence-corrected chi connectivity index (χ2v) is 3.76. The van der Waals surface area contributed by atoms with Gasteiger partial charge in [-0.3, -0.25) is 4.79 Å². The molecular formula is C11H14ClNO3. The van der Waals surface area contributed by atoms with Crippen LogP contribution in [0.3, 0.4) is 0 Å². The smallest absolute Gasteiger partial charge is 0.326 e. The molecule has 16 heavy (non-hydrogen) atoms. The Labute approximate surface area is 99.3 Å². The SMILES string of the molecule is COC(=O)C(N)COc1ccc(Cl)c(C)c1. The van der Waals surface area contributed by atoms with E-state index in [2.05, 4.69) is 4.74 Å². The van der Waals surface area contributed by atoms with Crippen molar-refractivity contribution in [2.45, 2.75) is 13.0 Å². The molecule has 0 radical (unpaired) electrons. The lowest BCUT2D eigenvalue weighted by atomic mass is 10.2. The third-order valence-corrected chi connectivity index (χ3v) is 2.49. The fourth-order valence-electron chi connectivity index (χ4n) is 1.11. The molecule has 0 aliphatic carbocycles. The first kappa shape index (κ1) is 12.8. The van der Waals surface area contributed by atoms with Crippen LogP contribution in [0.2, 0.25) is 5.02 Å². The Hall–Kier alpha value is -1.26. The van der Waals surface area contributed by atoms with Crippen molar-refractivity contribution >= 4 is 17.6 Å². The number of esters is 1. The van der Waals surface area contributed by atoms with Gasteiger partial charge in [0.1, 0.15) is 18.4 Å². The van der Waals surface area contributed by atoms with Gasteiger partial charge in [0.2, 0.25) is 0 Å². The Balaban J connectivity index is 2.55. The lowest BCUT2D eigenvalue weighted by molar-refractivity contribution is -0.142. The van der Waals surface area contributed by atoms with Crippen LogP contribution in [0, 0.1) is 6.92 Å². The molecule has 0 saturated heterocycles. The number of methoxy groups -OCH3 is 1. The summed E-state index contributed by atoms with van der Waals surface area (Å²) >= 11 is 5.86. The molecule has 2 N–H and O–H groups in total. The number of carbonyl (C=O) groups is 1. The zero-order chi connectivity index (χ0) is 12.1. The zero-order valence-corrected chi connectivity index (χ0v) is 9.95. The second kappa shape index (κ2) is 5.72. The Morgan fingerprint density at radius 2 is 2.25 bits per heavy atom. The molecule has 1 rings (SSSR count). The van der Waals surface area contributed by atoms with E-state index in [1.54, 1.807) is 18.2 Å². The molecule has 1 aromatic rings. The summed E-state index contributed by atoms with van der Waals surface area (Å²) in [5, 5.41) is 0.671. The van der Waals surface area contributed by atoms with Gasteiger partial charge in [-0.25, -0.2) is 0 Å². The van der Waals surface area contributed by atoms with Gasteiger partial charge in [0.15, 0.2) is 0 Å². The average Bonchev–Trinajstić information content (AvgIpc) is 2.29. The summed E-state index contributed by atoms with van der Waals surface area (Å²) < 4.78 is 9.82. The summed E-state index contributed by atoms with van der Waals surface area (Å²) in [6.45, 7) is 1.95. The van der Waals surface area contributed by atoms with Gasteiger partial charge in [-0.2, -0.15) is 0 Å². The molecule has 1 unspecified atom stereocenters. The number of aryl methyl sites for hydroxylation is 1. The van der Waals surface area contributed by atoms with Crippen molar-refractivity contribution < 1.29 is 14.3 Å². The predicted octanol–water partition coefficient (Wildman–Crippen LogP) is 1.53. The number of nitrogens with two attached hydrogens (primary N) is 1. The molecule has 0 heterocycles. The lowest BCUT2D eigenvalue weighted by Crippen LogP contribution is -2.37. The highest BCUT2D eigenvalue weighted by molar-refractivity contribution is 6.31. The van der Waals surface area contributed by atoms with Crippen molar-refractivity contribution in [1.29, 1.82) is 0 Å². The molecule has 5 heteroatoms. The molecule has 0 amide bonds. The van der Waals surface area contributed by atoms with Crippen molar-refractivity contribution in [2.75, 3.05) is 13.7 Å². The van der Waals surface area contributed by atoms with E-state index in [1.165, 1.54) is 7.11 Å². The standard InChI is InChI=1S/C11H14ClNO3/c1-7-5-8(3-4-9(7)12)16-6-10(13)11(14)15-2/h3-5,10H,6,13H2,1-2H3. The maximum Gasteiger partial charge on any atom is 0.326 e. The van der Waals surface area contributed by atoms with Crippen LogP contribution in [0.5, 0.6) is 5.75 Å². The Morgan fingerprint density at radius 3 is 2.81 bits per heavy atom. The maximum atomic E-state index is 11.0. The summed E-state index contributed by atoms with van der Waals surface area (Å²) in [4.78, 5) is 11.0. The van der Waals surface area contributed by atoms with E-state index in [-0.39, 0.29) is 6.61 Å². The normalized spacial score (nSPS) is 12.0. The van der Waals surface area contributed by atoms with E-state index >= 15 is 0 Å². The van der Waals surface area contributed by atoms with Gasteiger partial charge in [0, 0.05) is 5.02 Å². The average molecular weight is 244 g/mol. The number of hydrogen-bond donors (Lipinski definition) is 1. The van der Waals surface area contributed by atoms with Crippen LogP contribution in [-0.4, -0.2) is 25.7 Å². The van der Waals surface area contributed by atoms with Crippen molar-refractivity contribution in [1.82, 2.24) is 0 Å². The lowest BCUT2D eigenvalue weighted by Gasteiger charge is -2.11. The highest BCUT2D eigenvalue weighted by atomic mass is 35.5. The molecule has 0 aliphatic heterocycles. The van der Waals surface area contributed by atoms with Gasteiger partial charge in [-0.1, -0.05) is 11.6 Å². The Kier molecular flexibility index (Phi) is 4.58. The summed E-state index contributed by atoms with van der Waals surface area (Å²) in [5.74, 6) is 0.131. The number of benzene rings is 1. The van der Waals surface area contributed by atoms with E-state index < -0.39 is 12.0 Å². The fraction of sp³-hybridized carbons (Fsp3) is 0.364. The molecule has 0 saturated carbocycles. The molecule has 0 spiro atoms. The first-order valence-corrected chi connectivity index (χ1v) is 5.14. The second-order valence-electron chi connectivity index (χ2n) is 3.35. The summed E-state index contributed by atoms with van der Waals surface area (Å²) in [5.41, 5.74) is 6.43. The van der Waals surface area contributed by atoms with Crippen LogP contribution in [0.4, 0.5) is 0 Å². The van der Waals surface area contributed by atoms with Crippen LogP contribution < -0.4 is 10.5 Å². The van der Waals surface area contributed by atoms with Crippen LogP contribution in [0.1, 0.15) is 5.56 Å². The van der Waals surface area contributed by atoms with E-state index in [0.29, 0.717) is 10.8 Å². The first-order chi connectivity index (χ1) is 7.54. The van der Waals surface area contributed by atoms with Crippen molar-refractivity contribution in [3.8, 4) is 5.75 Å². The highest BCUT2D eigenvalue weighted by Crippen LogP contribution is 2.20. The zero-order valence-electron chi connectivity index (χ0n) is 9.20. The van der Waals surface area contributed by atoms with Crippen LogP contribution >= 0.6 is 11.6 Å². The first-order valence-electron chi connectivity index (χ1n) is 4.77. The third kappa shape index (κ3) is 3.40. The van der Waals surface area contributed by atoms with Crippen molar-refractivity contribution in [2.24, 2.45) is 5.73 Å². The quantitative estimate of drug-likeness (QED) is 0.815. The molecule has 1 aromatic carbocycles. The summed E-state index contributed by atoms with van der Waals surface area (Å²) in [6, 6.07) is 4.46. The van der Waals surface area contributed by atoms with Gasteiger partial charge in [0.05, 0.1) is 7.11 Å². The molecule has 0 fully saturated rings. The molecule has 0 bridgehead atoms. The number of halogens is 1. The molecule has 1 atom stereocenters. The number of rotatable bonds is 4. The minimum Gasteiger partial charge on any atom is -0.491 e. The van der Waals surface area contributed by atoms with E-state index in [0.717, 1.165) is 5.56 Å². The van der Waals surface area contributed by atoms with Crippen molar-refractivity contribution in [3.05, 3.63) is 28.8 Å². The predicted molar refractivity (Wildman–Crippen MR) is 61.7 cm³/mol. The van der Waals surface area contributed by atoms with E-state index in [4.69, 9.17) is 22.1 Å².